The molecule has 2 aliphatic rings. The summed E-state index contributed by atoms with van der Waals surface area (Å²) in [7, 11) is 0. The molecule has 0 aromatic heterocycles. The lowest BCUT2D eigenvalue weighted by molar-refractivity contribution is -0.284. The summed E-state index contributed by atoms with van der Waals surface area (Å²) in [6.45, 7) is 7.14. The molecule has 0 radical (unpaired) electrons. The maximum absolute atomic E-state index is 14.4. The van der Waals surface area contributed by atoms with E-state index in [0.717, 1.165) is 22.3 Å². The molecule has 0 amide bonds. The highest BCUT2D eigenvalue weighted by atomic mass is 16.8. The van der Waals surface area contributed by atoms with Crippen LogP contribution in [0.2, 0.25) is 0 Å². The maximum atomic E-state index is 14.4. The summed E-state index contributed by atoms with van der Waals surface area (Å²) < 4.78 is 47.1. The van der Waals surface area contributed by atoms with Crippen molar-refractivity contribution in [1.82, 2.24) is 0 Å². The molecule has 0 bridgehead atoms. The molecular weight excluding hydrogens is 719 g/mol. The Balaban J connectivity index is 1.31. The van der Waals surface area contributed by atoms with Crippen LogP contribution in [0.15, 0.2) is 152 Å². The molecule has 0 aliphatic carbocycles. The number of carbonyl (C=O) groups is 1. The van der Waals surface area contributed by atoms with Gasteiger partial charge in [0.25, 0.3) is 0 Å². The Bertz CT molecular complexity index is 1960. The minimum atomic E-state index is -1.74. The van der Waals surface area contributed by atoms with Crippen LogP contribution in [-0.2, 0) is 70.0 Å². The molecular formula is C48H53NO8. The SMILES string of the molecule is CC(C)(C)[C@@H]1OC(=O)[C@@](c2ccccc2)([C@@H](N)[C@@H]2O[C@H](COCc3ccccc3)[C@@H](OCc3ccccc3)[C@H](OCc3ccccc3)[C@H]2OCc2ccccc2)O1. The van der Waals surface area contributed by atoms with Gasteiger partial charge in [0, 0.05) is 5.41 Å². The summed E-state index contributed by atoms with van der Waals surface area (Å²) in [6, 6.07) is 47.9. The van der Waals surface area contributed by atoms with Crippen molar-refractivity contribution in [3.63, 3.8) is 0 Å². The molecule has 2 fully saturated rings. The number of carbonyl (C=O) groups excluding carboxylic acids is 1. The average molecular weight is 772 g/mol. The van der Waals surface area contributed by atoms with Crippen LogP contribution in [-0.4, -0.2) is 55.4 Å². The highest BCUT2D eigenvalue weighted by molar-refractivity contribution is 5.84. The number of hydrogen-bond acceptors (Lipinski definition) is 9. The topological polar surface area (TPSA) is 108 Å². The summed E-state index contributed by atoms with van der Waals surface area (Å²) >= 11 is 0. The molecule has 7 rings (SSSR count). The van der Waals surface area contributed by atoms with Gasteiger partial charge in [-0.1, -0.05) is 172 Å². The lowest BCUT2D eigenvalue weighted by Crippen LogP contribution is -2.69. The van der Waals surface area contributed by atoms with E-state index in [-0.39, 0.29) is 26.4 Å². The van der Waals surface area contributed by atoms with E-state index in [0.29, 0.717) is 12.2 Å². The van der Waals surface area contributed by atoms with Gasteiger partial charge in [-0.2, -0.15) is 0 Å². The smallest absolute Gasteiger partial charge is 0.347 e. The summed E-state index contributed by atoms with van der Waals surface area (Å²) in [5.74, 6) is -0.590. The summed E-state index contributed by atoms with van der Waals surface area (Å²) in [4.78, 5) is 14.4. The van der Waals surface area contributed by atoms with Crippen LogP contribution in [0.1, 0.15) is 48.6 Å². The van der Waals surface area contributed by atoms with Crippen molar-refractivity contribution in [3.8, 4) is 0 Å². The molecule has 2 heterocycles. The van der Waals surface area contributed by atoms with Crippen molar-refractivity contribution in [2.24, 2.45) is 11.1 Å². The quantitative estimate of drug-likeness (QED) is 0.100. The Morgan fingerprint density at radius 3 is 1.47 bits per heavy atom. The fourth-order valence-electron chi connectivity index (χ4n) is 7.40. The third-order valence-corrected chi connectivity index (χ3v) is 10.5. The van der Waals surface area contributed by atoms with Crippen molar-refractivity contribution in [1.29, 1.82) is 0 Å². The van der Waals surface area contributed by atoms with Gasteiger partial charge in [-0.05, 0) is 27.8 Å². The first-order chi connectivity index (χ1) is 27.7. The standard InChI is InChI=1S/C48H53NO8/c1-47(2,3)46-56-45(50)48(57-46,38-27-17-8-18-28-38)44(49)43-42(54-32-37-25-15-7-16-26-37)41(53-31-36-23-13-6-14-24-36)40(52-30-35-21-11-5-12-22-35)39(55-43)33-51-29-34-19-9-4-10-20-34/h4-28,39-44,46H,29-33,49H2,1-3H3/t39-,40-,41+,42-,43-,44+,46-,48-/m1/s1. The van der Waals surface area contributed by atoms with E-state index in [1.165, 1.54) is 0 Å². The van der Waals surface area contributed by atoms with Crippen molar-refractivity contribution >= 4 is 5.97 Å². The van der Waals surface area contributed by atoms with E-state index in [9.17, 15) is 4.79 Å². The van der Waals surface area contributed by atoms with Crippen LogP contribution in [0.4, 0.5) is 0 Å². The third-order valence-electron chi connectivity index (χ3n) is 10.5. The summed E-state index contributed by atoms with van der Waals surface area (Å²) in [5.41, 5.74) is 9.66. The first kappa shape index (κ1) is 40.5. The molecule has 9 heteroatoms. The lowest BCUT2D eigenvalue weighted by atomic mass is 9.79. The zero-order chi connectivity index (χ0) is 39.7. The van der Waals surface area contributed by atoms with Gasteiger partial charge in [0.2, 0.25) is 11.9 Å². The third kappa shape index (κ3) is 9.71. The molecule has 9 nitrogen and oxygen atoms in total. The molecule has 2 saturated heterocycles. The van der Waals surface area contributed by atoms with Crippen molar-refractivity contribution in [2.75, 3.05) is 6.61 Å². The first-order valence-electron chi connectivity index (χ1n) is 19.7. The normalized spacial score (nSPS) is 25.5. The van der Waals surface area contributed by atoms with Crippen LogP contribution in [0.3, 0.4) is 0 Å². The van der Waals surface area contributed by atoms with Crippen molar-refractivity contribution < 1.29 is 38.0 Å². The number of ether oxygens (including phenoxy) is 7. The van der Waals surface area contributed by atoms with Gasteiger partial charge in [-0.25, -0.2) is 4.79 Å². The number of nitrogens with two attached hydrogens (primary N) is 1. The Hall–Kier alpha value is -4.71. The average Bonchev–Trinajstić information content (AvgIpc) is 3.61. The molecule has 57 heavy (non-hydrogen) atoms. The minimum Gasteiger partial charge on any atom is -0.433 e. The van der Waals surface area contributed by atoms with Crippen molar-refractivity contribution in [3.05, 3.63) is 179 Å². The largest absolute Gasteiger partial charge is 0.433 e. The molecule has 0 spiro atoms. The molecule has 2 N–H and O–H groups in total. The predicted octanol–water partition coefficient (Wildman–Crippen LogP) is 7.90. The van der Waals surface area contributed by atoms with E-state index in [4.69, 9.17) is 38.9 Å². The van der Waals surface area contributed by atoms with Crippen LogP contribution in [0, 0.1) is 5.41 Å². The zero-order valence-electron chi connectivity index (χ0n) is 32.9. The van der Waals surface area contributed by atoms with Crippen LogP contribution in [0.25, 0.3) is 0 Å². The first-order valence-corrected chi connectivity index (χ1v) is 19.7. The Morgan fingerprint density at radius 1 is 0.596 bits per heavy atom. The lowest BCUT2D eigenvalue weighted by Gasteiger charge is -2.49. The molecule has 5 aromatic carbocycles. The Morgan fingerprint density at radius 2 is 1.02 bits per heavy atom. The minimum absolute atomic E-state index is 0.141. The maximum Gasteiger partial charge on any atom is 0.347 e. The van der Waals surface area contributed by atoms with E-state index < -0.39 is 59.8 Å². The highest BCUT2D eigenvalue weighted by Gasteiger charge is 2.63. The van der Waals surface area contributed by atoms with Gasteiger partial charge in [-0.3, -0.25) is 0 Å². The van der Waals surface area contributed by atoms with Gasteiger partial charge >= 0.3 is 5.97 Å². The molecule has 0 unspecified atom stereocenters. The number of esters is 1. The molecule has 5 aromatic rings. The number of hydrogen-bond donors (Lipinski definition) is 1. The second-order valence-electron chi connectivity index (χ2n) is 15.8. The number of rotatable bonds is 16. The second kappa shape index (κ2) is 18.7. The summed E-state index contributed by atoms with van der Waals surface area (Å²) in [6.07, 6.45) is -4.81. The second-order valence-corrected chi connectivity index (χ2v) is 15.8. The molecule has 8 atom stereocenters. The number of benzene rings is 5. The van der Waals surface area contributed by atoms with Gasteiger partial charge in [0.15, 0.2) is 0 Å². The van der Waals surface area contributed by atoms with E-state index in [1.54, 1.807) is 0 Å². The molecule has 0 saturated carbocycles. The predicted molar refractivity (Wildman–Crippen MR) is 216 cm³/mol. The molecule has 298 valence electrons. The van der Waals surface area contributed by atoms with Crippen LogP contribution >= 0.6 is 0 Å². The summed E-state index contributed by atoms with van der Waals surface area (Å²) in [5, 5.41) is 0. The van der Waals surface area contributed by atoms with E-state index in [1.807, 2.05) is 172 Å². The fourth-order valence-corrected chi connectivity index (χ4v) is 7.40. The van der Waals surface area contributed by atoms with E-state index >= 15 is 0 Å². The monoisotopic (exact) mass is 771 g/mol. The fraction of sp³-hybridized carbons (Fsp3) is 0.354. The van der Waals surface area contributed by atoms with Gasteiger partial charge in [-0.15, -0.1) is 0 Å². The Kier molecular flexibility index (Phi) is 13.3. The van der Waals surface area contributed by atoms with Crippen molar-refractivity contribution in [2.45, 2.75) is 95.7 Å². The number of cyclic esters (lactones) is 1. The van der Waals surface area contributed by atoms with E-state index in [2.05, 4.69) is 0 Å². The highest BCUT2D eigenvalue weighted by Crippen LogP contribution is 2.46. The van der Waals surface area contributed by atoms with Crippen LogP contribution in [0.5, 0.6) is 0 Å². The van der Waals surface area contributed by atoms with Gasteiger partial charge in [0.1, 0.15) is 30.5 Å². The van der Waals surface area contributed by atoms with Gasteiger partial charge < -0.3 is 38.9 Å². The Labute approximate surface area is 336 Å². The zero-order valence-corrected chi connectivity index (χ0v) is 32.9. The van der Waals surface area contributed by atoms with Gasteiger partial charge in [0.05, 0.1) is 39.1 Å². The van der Waals surface area contributed by atoms with Crippen LogP contribution < -0.4 is 5.73 Å². The molecule has 2 aliphatic heterocycles.